The predicted octanol–water partition coefficient (Wildman–Crippen LogP) is 2.93. The number of aryl methyl sites for hydroxylation is 1. The Kier molecular flexibility index (Phi) is 4.98. The molecule has 0 aliphatic rings. The number of halogens is 3. The van der Waals surface area contributed by atoms with Crippen LogP contribution in [0.15, 0.2) is 18.2 Å². The molecule has 1 unspecified atom stereocenters. The van der Waals surface area contributed by atoms with Gasteiger partial charge < -0.3 is 10.5 Å². The highest BCUT2D eigenvalue weighted by molar-refractivity contribution is 5.38. The van der Waals surface area contributed by atoms with Gasteiger partial charge in [-0.15, -0.1) is 13.2 Å². The van der Waals surface area contributed by atoms with Crippen molar-refractivity contribution in [1.82, 2.24) is 0 Å². The number of rotatable bonds is 5. The molecular formula is C12H16F3NO2. The third kappa shape index (κ3) is 4.93. The highest BCUT2D eigenvalue weighted by atomic mass is 19.4. The smallest absolute Gasteiger partial charge is 0.491 e. The minimum absolute atomic E-state index is 0.178. The third-order valence-electron chi connectivity index (χ3n) is 2.26. The summed E-state index contributed by atoms with van der Waals surface area (Å²) in [5.41, 5.74) is 7.55. The Morgan fingerprint density at radius 2 is 1.94 bits per heavy atom. The van der Waals surface area contributed by atoms with Crippen molar-refractivity contribution in [2.24, 2.45) is 5.73 Å². The van der Waals surface area contributed by atoms with E-state index in [9.17, 15) is 13.2 Å². The predicted molar refractivity (Wildman–Crippen MR) is 61.3 cm³/mol. The zero-order valence-corrected chi connectivity index (χ0v) is 10.3. The molecule has 102 valence electrons. The van der Waals surface area contributed by atoms with Crippen molar-refractivity contribution in [2.75, 3.05) is 13.2 Å². The van der Waals surface area contributed by atoms with Crippen molar-refractivity contribution in [1.29, 1.82) is 0 Å². The van der Waals surface area contributed by atoms with Crippen LogP contribution in [0.3, 0.4) is 0 Å². The van der Waals surface area contributed by atoms with Crippen LogP contribution in [-0.4, -0.2) is 19.6 Å². The summed E-state index contributed by atoms with van der Waals surface area (Å²) in [5, 5.41) is 0. The lowest BCUT2D eigenvalue weighted by molar-refractivity contribution is -0.325. The highest BCUT2D eigenvalue weighted by Gasteiger charge is 2.28. The maximum absolute atomic E-state index is 11.7. The largest absolute Gasteiger partial charge is 0.522 e. The fourth-order valence-electron chi connectivity index (χ4n) is 1.46. The van der Waals surface area contributed by atoms with Crippen molar-refractivity contribution in [3.8, 4) is 5.75 Å². The van der Waals surface area contributed by atoms with Gasteiger partial charge in [0.25, 0.3) is 0 Å². The van der Waals surface area contributed by atoms with Gasteiger partial charge in [-0.05, 0) is 19.9 Å². The molecule has 2 N–H and O–H groups in total. The van der Waals surface area contributed by atoms with Crippen molar-refractivity contribution in [3.05, 3.63) is 29.3 Å². The molecule has 0 heterocycles. The van der Waals surface area contributed by atoms with E-state index in [1.54, 1.807) is 13.0 Å². The van der Waals surface area contributed by atoms with Crippen LogP contribution in [0.4, 0.5) is 13.2 Å². The molecule has 0 radical (unpaired) electrons. The molecule has 0 saturated heterocycles. The number of nitrogens with two attached hydrogens (primary N) is 1. The quantitative estimate of drug-likeness (QED) is 0.831. The lowest BCUT2D eigenvalue weighted by Gasteiger charge is -2.15. The molecule has 0 spiro atoms. The number of benzene rings is 1. The molecule has 0 saturated carbocycles. The van der Waals surface area contributed by atoms with E-state index in [0.29, 0.717) is 5.75 Å². The van der Waals surface area contributed by atoms with E-state index < -0.39 is 13.0 Å². The molecule has 0 aliphatic heterocycles. The minimum Gasteiger partial charge on any atom is -0.491 e. The molecule has 0 bridgehead atoms. The summed E-state index contributed by atoms with van der Waals surface area (Å²) in [6.45, 7) is 2.97. The van der Waals surface area contributed by atoms with Gasteiger partial charge in [0.2, 0.25) is 0 Å². The van der Waals surface area contributed by atoms with Gasteiger partial charge in [-0.25, -0.2) is 0 Å². The second-order valence-corrected chi connectivity index (χ2v) is 3.97. The number of hydrogen-bond donors (Lipinski definition) is 1. The molecule has 0 aromatic heterocycles. The Balaban J connectivity index is 2.57. The van der Waals surface area contributed by atoms with Gasteiger partial charge in [-0.1, -0.05) is 17.7 Å². The Morgan fingerprint density at radius 3 is 2.50 bits per heavy atom. The fourth-order valence-corrected chi connectivity index (χ4v) is 1.46. The first-order valence-corrected chi connectivity index (χ1v) is 5.49. The molecule has 1 aromatic rings. The normalized spacial score (nSPS) is 13.4. The zero-order chi connectivity index (χ0) is 13.8. The third-order valence-corrected chi connectivity index (χ3v) is 2.26. The van der Waals surface area contributed by atoms with Crippen LogP contribution < -0.4 is 10.5 Å². The van der Waals surface area contributed by atoms with Gasteiger partial charge >= 0.3 is 6.36 Å². The number of hydrogen-bond acceptors (Lipinski definition) is 3. The minimum atomic E-state index is -4.62. The molecule has 1 aromatic carbocycles. The Hall–Kier alpha value is -1.27. The van der Waals surface area contributed by atoms with Gasteiger partial charge in [0.05, 0.1) is 6.61 Å². The van der Waals surface area contributed by atoms with E-state index in [0.717, 1.165) is 11.1 Å². The Bertz CT molecular complexity index is 391. The topological polar surface area (TPSA) is 44.5 Å². The second-order valence-electron chi connectivity index (χ2n) is 3.97. The van der Waals surface area contributed by atoms with Gasteiger partial charge in [0.1, 0.15) is 12.4 Å². The maximum Gasteiger partial charge on any atom is 0.522 e. The molecule has 0 amide bonds. The van der Waals surface area contributed by atoms with Crippen LogP contribution in [0.1, 0.15) is 24.1 Å². The summed E-state index contributed by atoms with van der Waals surface area (Å²) in [4.78, 5) is 0. The molecule has 18 heavy (non-hydrogen) atoms. The van der Waals surface area contributed by atoms with Crippen LogP contribution in [0.5, 0.6) is 5.75 Å². The van der Waals surface area contributed by atoms with Crippen molar-refractivity contribution in [2.45, 2.75) is 26.3 Å². The molecule has 6 heteroatoms. The summed E-state index contributed by atoms with van der Waals surface area (Å²) >= 11 is 0. The summed E-state index contributed by atoms with van der Waals surface area (Å²) in [5.74, 6) is 0.487. The van der Waals surface area contributed by atoms with Gasteiger partial charge in [0.15, 0.2) is 0 Å². The molecule has 1 atom stereocenters. The van der Waals surface area contributed by atoms with Crippen molar-refractivity contribution < 1.29 is 22.6 Å². The van der Waals surface area contributed by atoms with Crippen LogP contribution >= 0.6 is 0 Å². The van der Waals surface area contributed by atoms with E-state index in [4.69, 9.17) is 10.5 Å². The summed E-state index contributed by atoms with van der Waals surface area (Å²) in [6.07, 6.45) is -4.62. The van der Waals surface area contributed by atoms with E-state index >= 15 is 0 Å². The number of alkyl halides is 3. The lowest BCUT2D eigenvalue weighted by atomic mass is 10.1. The molecule has 3 nitrogen and oxygen atoms in total. The van der Waals surface area contributed by atoms with Crippen LogP contribution in [-0.2, 0) is 4.74 Å². The average Bonchev–Trinajstić information content (AvgIpc) is 2.24. The Morgan fingerprint density at radius 1 is 1.28 bits per heavy atom. The standard InChI is InChI=1S/C12H16F3NO2/c1-8-3-4-11(10(7-8)9(2)16)17-5-6-18-12(13,14)15/h3-4,7,9H,5-6,16H2,1-2H3. The van der Waals surface area contributed by atoms with Crippen LogP contribution in [0, 0.1) is 6.92 Å². The summed E-state index contributed by atoms with van der Waals surface area (Å²) < 4.78 is 44.1. The monoisotopic (exact) mass is 263 g/mol. The zero-order valence-electron chi connectivity index (χ0n) is 10.3. The molecular weight excluding hydrogens is 247 g/mol. The lowest BCUT2D eigenvalue weighted by Crippen LogP contribution is -2.18. The Labute approximate surface area is 104 Å². The maximum atomic E-state index is 11.7. The van der Waals surface area contributed by atoms with Gasteiger partial charge in [-0.3, -0.25) is 4.74 Å². The van der Waals surface area contributed by atoms with Gasteiger partial charge in [0, 0.05) is 11.6 Å². The molecule has 0 fully saturated rings. The second kappa shape index (κ2) is 6.06. The number of ether oxygens (including phenoxy) is 2. The fraction of sp³-hybridized carbons (Fsp3) is 0.500. The van der Waals surface area contributed by atoms with Crippen LogP contribution in [0.2, 0.25) is 0 Å². The first kappa shape index (κ1) is 14.8. The van der Waals surface area contributed by atoms with Crippen LogP contribution in [0.25, 0.3) is 0 Å². The van der Waals surface area contributed by atoms with E-state index in [2.05, 4.69) is 4.74 Å². The molecule has 0 aliphatic carbocycles. The molecule has 1 rings (SSSR count). The summed E-state index contributed by atoms with van der Waals surface area (Å²) in [7, 11) is 0. The van der Waals surface area contributed by atoms with Gasteiger partial charge in [-0.2, -0.15) is 0 Å². The van der Waals surface area contributed by atoms with E-state index in [1.807, 2.05) is 19.1 Å². The van der Waals surface area contributed by atoms with E-state index in [1.165, 1.54) is 0 Å². The highest BCUT2D eigenvalue weighted by Crippen LogP contribution is 2.25. The SMILES string of the molecule is Cc1ccc(OCCOC(F)(F)F)c(C(C)N)c1. The van der Waals surface area contributed by atoms with Crippen molar-refractivity contribution in [3.63, 3.8) is 0 Å². The first-order valence-electron chi connectivity index (χ1n) is 5.49. The first-order chi connectivity index (χ1) is 8.29. The average molecular weight is 263 g/mol. The summed E-state index contributed by atoms with van der Waals surface area (Å²) in [6, 6.07) is 5.11. The van der Waals surface area contributed by atoms with E-state index in [-0.39, 0.29) is 12.6 Å². The van der Waals surface area contributed by atoms with Crippen molar-refractivity contribution >= 4 is 0 Å².